The Balaban J connectivity index is 0.00000240. The number of hydrogen-bond donors (Lipinski definition) is 1. The number of benzene rings is 2. The van der Waals surface area contributed by atoms with Crippen molar-refractivity contribution < 1.29 is 4.39 Å². The van der Waals surface area contributed by atoms with E-state index in [1.165, 1.54) is 6.07 Å². The Kier molecular flexibility index (Phi) is 7.09. The van der Waals surface area contributed by atoms with Crippen LogP contribution in [0.25, 0.3) is 10.4 Å². The molecular formula is C22H20Cl2FN3S. The van der Waals surface area contributed by atoms with E-state index in [0.29, 0.717) is 12.1 Å². The maximum Gasteiger partial charge on any atom is 0.130 e. The maximum absolute atomic E-state index is 14.5. The van der Waals surface area contributed by atoms with Crippen LogP contribution in [0.1, 0.15) is 22.3 Å². The van der Waals surface area contributed by atoms with Crippen molar-refractivity contribution in [3.8, 4) is 10.4 Å². The van der Waals surface area contributed by atoms with Crippen LogP contribution >= 0.6 is 35.3 Å². The first-order chi connectivity index (χ1) is 13.6. The van der Waals surface area contributed by atoms with E-state index in [-0.39, 0.29) is 24.3 Å². The number of halogens is 3. The lowest BCUT2D eigenvalue weighted by atomic mass is 10.1. The Labute approximate surface area is 184 Å². The number of thiophene rings is 1. The van der Waals surface area contributed by atoms with Crippen LogP contribution in [-0.2, 0) is 13.6 Å². The minimum atomic E-state index is -0.341. The van der Waals surface area contributed by atoms with Gasteiger partial charge in [-0.15, -0.1) is 23.7 Å². The molecule has 150 valence electrons. The quantitative estimate of drug-likeness (QED) is 0.378. The third-order valence-electron chi connectivity index (χ3n) is 4.61. The molecule has 4 aromatic rings. The number of aromatic nitrogens is 2. The van der Waals surface area contributed by atoms with Gasteiger partial charge in [-0.25, -0.2) is 9.37 Å². The molecule has 2 aromatic carbocycles. The van der Waals surface area contributed by atoms with Gasteiger partial charge in [-0.05, 0) is 24.3 Å². The molecule has 7 heteroatoms. The van der Waals surface area contributed by atoms with Gasteiger partial charge in [-0.2, -0.15) is 0 Å². The lowest BCUT2D eigenvalue weighted by Crippen LogP contribution is -2.25. The van der Waals surface area contributed by atoms with Crippen LogP contribution in [0.4, 0.5) is 4.39 Å². The van der Waals surface area contributed by atoms with Crippen molar-refractivity contribution in [2.75, 3.05) is 0 Å². The summed E-state index contributed by atoms with van der Waals surface area (Å²) in [6.07, 6.45) is 3.59. The van der Waals surface area contributed by atoms with Crippen LogP contribution in [0.5, 0.6) is 0 Å². The van der Waals surface area contributed by atoms with Gasteiger partial charge in [0.25, 0.3) is 0 Å². The van der Waals surface area contributed by atoms with Gasteiger partial charge in [0.2, 0.25) is 0 Å². The lowest BCUT2D eigenvalue weighted by Gasteiger charge is -2.19. The van der Waals surface area contributed by atoms with Crippen molar-refractivity contribution in [1.82, 2.24) is 14.9 Å². The van der Waals surface area contributed by atoms with E-state index < -0.39 is 0 Å². The molecule has 1 unspecified atom stereocenters. The zero-order valence-electron chi connectivity index (χ0n) is 15.7. The normalized spacial score (nSPS) is 11.8. The van der Waals surface area contributed by atoms with E-state index in [4.69, 9.17) is 11.6 Å². The highest BCUT2D eigenvalue weighted by Crippen LogP contribution is 2.33. The van der Waals surface area contributed by atoms with Crippen molar-refractivity contribution in [3.63, 3.8) is 0 Å². The van der Waals surface area contributed by atoms with Crippen LogP contribution < -0.4 is 5.32 Å². The highest BCUT2D eigenvalue weighted by molar-refractivity contribution is 7.15. The van der Waals surface area contributed by atoms with Crippen LogP contribution in [0.2, 0.25) is 5.02 Å². The summed E-state index contributed by atoms with van der Waals surface area (Å²) in [4.78, 5) is 6.69. The molecule has 0 bridgehead atoms. The summed E-state index contributed by atoms with van der Waals surface area (Å²) in [5.41, 5.74) is 1.61. The average molecular weight is 448 g/mol. The third kappa shape index (κ3) is 4.70. The largest absolute Gasteiger partial charge is 0.336 e. The van der Waals surface area contributed by atoms with Crippen molar-refractivity contribution in [2.24, 2.45) is 7.05 Å². The Bertz CT molecular complexity index is 1090. The fourth-order valence-corrected chi connectivity index (χ4v) is 4.48. The van der Waals surface area contributed by atoms with Crippen LogP contribution in [0.15, 0.2) is 73.1 Å². The summed E-state index contributed by atoms with van der Waals surface area (Å²) in [6, 6.07) is 18.4. The number of nitrogens with zero attached hydrogens (tertiary/aromatic N) is 2. The summed E-state index contributed by atoms with van der Waals surface area (Å²) in [5.74, 6) is 0.527. The van der Waals surface area contributed by atoms with Crippen molar-refractivity contribution in [1.29, 1.82) is 0 Å². The Morgan fingerprint density at radius 2 is 1.86 bits per heavy atom. The molecule has 0 saturated carbocycles. The molecule has 0 aliphatic rings. The molecule has 4 rings (SSSR count). The van der Waals surface area contributed by atoms with E-state index in [1.54, 1.807) is 29.7 Å². The lowest BCUT2D eigenvalue weighted by molar-refractivity contribution is 0.522. The van der Waals surface area contributed by atoms with Crippen LogP contribution in [0, 0.1) is 5.82 Å². The average Bonchev–Trinajstić information content (AvgIpc) is 3.33. The van der Waals surface area contributed by atoms with E-state index >= 15 is 0 Å². The molecule has 1 N–H and O–H groups in total. The molecule has 0 spiro atoms. The summed E-state index contributed by atoms with van der Waals surface area (Å²) in [6.45, 7) is 0.598. The van der Waals surface area contributed by atoms with Crippen molar-refractivity contribution >= 4 is 35.3 Å². The molecule has 0 fully saturated rings. The first-order valence-corrected chi connectivity index (χ1v) is 10.1. The van der Waals surface area contributed by atoms with Gasteiger partial charge in [-0.3, -0.25) is 5.32 Å². The minimum absolute atomic E-state index is 0. The number of nitrogens with one attached hydrogen (secondary N) is 1. The van der Waals surface area contributed by atoms with Gasteiger partial charge in [0.15, 0.2) is 0 Å². The molecule has 0 radical (unpaired) electrons. The van der Waals surface area contributed by atoms with Gasteiger partial charge in [-0.1, -0.05) is 48.0 Å². The molecule has 1 atom stereocenters. The molecule has 2 heterocycles. The Morgan fingerprint density at radius 1 is 1.10 bits per heavy atom. The molecule has 2 aromatic heterocycles. The summed E-state index contributed by atoms with van der Waals surface area (Å²) >= 11 is 7.99. The predicted molar refractivity (Wildman–Crippen MR) is 120 cm³/mol. The molecule has 0 amide bonds. The SMILES string of the molecule is Cl.Cn1ccnc1C(NCc1ccc(-c2ccccc2Cl)s1)c1ccccc1F. The fourth-order valence-electron chi connectivity index (χ4n) is 3.19. The third-order valence-corrected chi connectivity index (χ3v) is 6.06. The second-order valence-corrected chi connectivity index (χ2v) is 8.05. The summed E-state index contributed by atoms with van der Waals surface area (Å²) in [7, 11) is 1.92. The first-order valence-electron chi connectivity index (χ1n) is 8.92. The second-order valence-electron chi connectivity index (χ2n) is 6.48. The fraction of sp³-hybridized carbons (Fsp3) is 0.136. The molecule has 0 saturated heterocycles. The monoisotopic (exact) mass is 447 g/mol. The highest BCUT2D eigenvalue weighted by atomic mass is 35.5. The van der Waals surface area contributed by atoms with Gasteiger partial charge in [0, 0.05) is 51.9 Å². The van der Waals surface area contributed by atoms with E-state index in [9.17, 15) is 4.39 Å². The number of rotatable bonds is 6. The smallest absolute Gasteiger partial charge is 0.130 e. The maximum atomic E-state index is 14.5. The summed E-state index contributed by atoms with van der Waals surface area (Å²) in [5, 5.41) is 4.21. The Morgan fingerprint density at radius 3 is 2.59 bits per heavy atom. The van der Waals surface area contributed by atoms with E-state index in [2.05, 4.69) is 22.4 Å². The molecule has 3 nitrogen and oxygen atoms in total. The number of hydrogen-bond acceptors (Lipinski definition) is 3. The predicted octanol–water partition coefficient (Wildman–Crippen LogP) is 6.24. The highest BCUT2D eigenvalue weighted by Gasteiger charge is 2.21. The molecule has 0 aliphatic carbocycles. The second kappa shape index (κ2) is 9.55. The van der Waals surface area contributed by atoms with Crippen molar-refractivity contribution in [2.45, 2.75) is 12.6 Å². The van der Waals surface area contributed by atoms with Gasteiger partial charge >= 0.3 is 0 Å². The van der Waals surface area contributed by atoms with E-state index in [0.717, 1.165) is 26.2 Å². The standard InChI is InChI=1S/C22H19ClFN3S.ClH/c1-27-13-12-25-22(27)21(17-7-3-5-9-19(17)24)26-14-15-10-11-20(28-15)16-6-2-4-8-18(16)23;/h2-13,21,26H,14H2,1H3;1H. The van der Waals surface area contributed by atoms with Crippen LogP contribution in [0.3, 0.4) is 0 Å². The van der Waals surface area contributed by atoms with E-state index in [1.807, 2.05) is 48.1 Å². The number of aryl methyl sites for hydroxylation is 1. The molecule has 0 aliphatic heterocycles. The first kappa shape index (κ1) is 21.5. The van der Waals surface area contributed by atoms with Gasteiger partial charge < -0.3 is 4.57 Å². The molecule has 29 heavy (non-hydrogen) atoms. The zero-order valence-corrected chi connectivity index (χ0v) is 18.1. The summed E-state index contributed by atoms with van der Waals surface area (Å²) < 4.78 is 16.4. The van der Waals surface area contributed by atoms with Gasteiger partial charge in [0.1, 0.15) is 11.6 Å². The topological polar surface area (TPSA) is 29.9 Å². The molecular weight excluding hydrogens is 428 g/mol. The minimum Gasteiger partial charge on any atom is -0.336 e. The number of imidazole rings is 1. The van der Waals surface area contributed by atoms with Crippen LogP contribution in [-0.4, -0.2) is 9.55 Å². The van der Waals surface area contributed by atoms with Gasteiger partial charge in [0.05, 0.1) is 6.04 Å². The van der Waals surface area contributed by atoms with Crippen molar-refractivity contribution in [3.05, 3.63) is 100 Å². The Hall–Kier alpha value is -2.18. The zero-order chi connectivity index (χ0) is 19.5.